The van der Waals surface area contributed by atoms with E-state index in [1.165, 1.54) is 83.6 Å². The third kappa shape index (κ3) is 21.4. The third-order valence-electron chi connectivity index (χ3n) is 4.47. The van der Waals surface area contributed by atoms with Gasteiger partial charge in [-0.2, -0.15) is 0 Å². The average Bonchev–Trinajstić information content (AvgIpc) is 2.45. The zero-order valence-corrected chi connectivity index (χ0v) is 16.1. The van der Waals surface area contributed by atoms with Crippen LogP contribution >= 0.6 is 0 Å². The van der Waals surface area contributed by atoms with Crippen molar-refractivity contribution in [3.8, 4) is 0 Å². The highest BCUT2D eigenvalue weighted by Gasteiger charge is 2.04. The molecule has 3 heteroatoms. The van der Waals surface area contributed by atoms with Gasteiger partial charge in [0.25, 0.3) is 0 Å². The molecule has 0 aromatic carbocycles. The second-order valence-electron chi connectivity index (χ2n) is 8.11. The van der Waals surface area contributed by atoms with Crippen LogP contribution in [0.2, 0.25) is 0 Å². The molecule has 1 N–H and O–H groups in total. The van der Waals surface area contributed by atoms with Crippen LogP contribution in [-0.4, -0.2) is 43.2 Å². The second-order valence-corrected chi connectivity index (χ2v) is 8.11. The lowest BCUT2D eigenvalue weighted by molar-refractivity contribution is -0.870. The van der Waals surface area contributed by atoms with Gasteiger partial charge in [0.15, 0.2) is 0 Å². The number of nitrogens with zero attached hydrogens (tertiary/aromatic N) is 1. The molecule has 0 radical (unpaired) electrons. The summed E-state index contributed by atoms with van der Waals surface area (Å²) in [5, 5.41) is 8.55. The first kappa shape index (κ1) is 22.4. The summed E-state index contributed by atoms with van der Waals surface area (Å²) in [6.07, 6.45) is 18.7. The van der Waals surface area contributed by atoms with Crippen LogP contribution in [0.1, 0.15) is 96.3 Å². The number of unbranched alkanes of at least 4 members (excludes halogenated alkanes) is 13. The Bertz CT molecular complexity index is 271. The molecule has 0 aromatic rings. The lowest BCUT2D eigenvalue weighted by atomic mass is 10.0. The predicted octanol–water partition coefficient (Wildman–Crippen LogP) is 5.63. The first-order chi connectivity index (χ1) is 10.9. The molecule has 0 saturated heterocycles. The fraction of sp³-hybridized carbons (Fsp3) is 0.950. The van der Waals surface area contributed by atoms with Gasteiger partial charge in [-0.3, -0.25) is 4.79 Å². The molecule has 0 rings (SSSR count). The van der Waals surface area contributed by atoms with Crippen molar-refractivity contribution in [2.75, 3.05) is 27.7 Å². The Balaban J connectivity index is 3.04. The molecule has 0 fully saturated rings. The lowest BCUT2D eigenvalue weighted by Crippen LogP contribution is -2.35. The van der Waals surface area contributed by atoms with Crippen LogP contribution in [0.4, 0.5) is 0 Å². The van der Waals surface area contributed by atoms with Gasteiger partial charge in [-0.1, -0.05) is 70.6 Å². The standard InChI is InChI=1S/C20H41NO2/c1-21(2,3)19-17-15-13-11-9-7-5-4-6-8-10-12-14-16-18-20(22)23/h4-19H2,1-3H3/p+1. The third-order valence-corrected chi connectivity index (χ3v) is 4.47. The molecule has 0 aromatic heterocycles. The van der Waals surface area contributed by atoms with E-state index in [1.807, 2.05) is 0 Å². The first-order valence-corrected chi connectivity index (χ1v) is 9.94. The Morgan fingerprint density at radius 2 is 0.913 bits per heavy atom. The number of hydrogen-bond donors (Lipinski definition) is 1. The van der Waals surface area contributed by atoms with Crippen molar-refractivity contribution in [1.29, 1.82) is 0 Å². The zero-order valence-electron chi connectivity index (χ0n) is 16.1. The van der Waals surface area contributed by atoms with E-state index < -0.39 is 5.97 Å². The highest BCUT2D eigenvalue weighted by molar-refractivity contribution is 5.66. The summed E-state index contributed by atoms with van der Waals surface area (Å²) in [6.45, 7) is 1.30. The van der Waals surface area contributed by atoms with Crippen LogP contribution in [-0.2, 0) is 4.79 Å². The largest absolute Gasteiger partial charge is 0.481 e. The van der Waals surface area contributed by atoms with Crippen molar-refractivity contribution in [2.45, 2.75) is 96.3 Å². The van der Waals surface area contributed by atoms with Gasteiger partial charge in [0.1, 0.15) is 0 Å². The SMILES string of the molecule is C[N+](C)(C)CCCCCCCCCCCCCCCCC(=O)O. The van der Waals surface area contributed by atoms with E-state index in [2.05, 4.69) is 21.1 Å². The normalized spacial score (nSPS) is 11.8. The monoisotopic (exact) mass is 328 g/mol. The summed E-state index contributed by atoms with van der Waals surface area (Å²) in [7, 11) is 6.82. The first-order valence-electron chi connectivity index (χ1n) is 9.94. The number of quaternary nitrogens is 1. The van der Waals surface area contributed by atoms with Gasteiger partial charge in [-0.15, -0.1) is 0 Å². The van der Waals surface area contributed by atoms with Crippen LogP contribution in [0, 0.1) is 0 Å². The molecule has 3 nitrogen and oxygen atoms in total. The molecule has 0 aliphatic heterocycles. The Kier molecular flexibility index (Phi) is 14.6. The summed E-state index contributed by atoms with van der Waals surface area (Å²) >= 11 is 0. The van der Waals surface area contributed by atoms with E-state index >= 15 is 0 Å². The van der Waals surface area contributed by atoms with Gasteiger partial charge < -0.3 is 9.59 Å². The summed E-state index contributed by atoms with van der Waals surface area (Å²) < 4.78 is 1.10. The average molecular weight is 329 g/mol. The molecular weight excluding hydrogens is 286 g/mol. The number of carboxylic acid groups (broad SMARTS) is 1. The molecular formula is C20H42NO2+. The van der Waals surface area contributed by atoms with Crippen molar-refractivity contribution in [2.24, 2.45) is 0 Å². The molecule has 0 saturated carbocycles. The van der Waals surface area contributed by atoms with Gasteiger partial charge >= 0.3 is 5.97 Å². The molecule has 0 bridgehead atoms. The van der Waals surface area contributed by atoms with E-state index in [0.717, 1.165) is 17.3 Å². The fourth-order valence-corrected chi connectivity index (χ4v) is 2.98. The summed E-state index contributed by atoms with van der Waals surface area (Å²) in [4.78, 5) is 10.4. The molecule has 0 spiro atoms. The Labute approximate surface area is 145 Å². The van der Waals surface area contributed by atoms with Gasteiger partial charge in [0.05, 0.1) is 27.7 Å². The molecule has 23 heavy (non-hydrogen) atoms. The number of aliphatic carboxylic acids is 1. The van der Waals surface area contributed by atoms with Gasteiger partial charge in [-0.05, 0) is 19.3 Å². The van der Waals surface area contributed by atoms with Gasteiger partial charge in [-0.25, -0.2) is 0 Å². The van der Waals surface area contributed by atoms with E-state index in [9.17, 15) is 4.79 Å². The highest BCUT2D eigenvalue weighted by atomic mass is 16.4. The van der Waals surface area contributed by atoms with Crippen molar-refractivity contribution in [3.63, 3.8) is 0 Å². The number of carboxylic acids is 1. The Hall–Kier alpha value is -0.570. The zero-order chi connectivity index (χ0) is 17.4. The molecule has 0 aliphatic rings. The minimum absolute atomic E-state index is 0.343. The molecule has 0 aliphatic carbocycles. The smallest absolute Gasteiger partial charge is 0.303 e. The molecule has 0 unspecified atom stereocenters. The topological polar surface area (TPSA) is 37.3 Å². The fourth-order valence-electron chi connectivity index (χ4n) is 2.98. The summed E-state index contributed by atoms with van der Waals surface area (Å²) in [6, 6.07) is 0. The maximum Gasteiger partial charge on any atom is 0.303 e. The molecule has 138 valence electrons. The predicted molar refractivity (Wildman–Crippen MR) is 99.8 cm³/mol. The lowest BCUT2D eigenvalue weighted by Gasteiger charge is -2.23. The summed E-state index contributed by atoms with van der Waals surface area (Å²) in [5.41, 5.74) is 0. The van der Waals surface area contributed by atoms with E-state index in [0.29, 0.717) is 6.42 Å². The minimum Gasteiger partial charge on any atom is -0.481 e. The van der Waals surface area contributed by atoms with Gasteiger partial charge in [0.2, 0.25) is 0 Å². The minimum atomic E-state index is -0.654. The van der Waals surface area contributed by atoms with E-state index in [-0.39, 0.29) is 0 Å². The quantitative estimate of drug-likeness (QED) is 0.277. The number of rotatable bonds is 17. The van der Waals surface area contributed by atoms with Crippen LogP contribution in [0.3, 0.4) is 0 Å². The maximum absolute atomic E-state index is 10.4. The number of hydrogen-bond acceptors (Lipinski definition) is 1. The number of carbonyl (C=O) groups is 1. The van der Waals surface area contributed by atoms with Gasteiger partial charge in [0, 0.05) is 6.42 Å². The van der Waals surface area contributed by atoms with Crippen LogP contribution < -0.4 is 0 Å². The molecule has 0 heterocycles. The van der Waals surface area contributed by atoms with Crippen molar-refractivity contribution in [3.05, 3.63) is 0 Å². The van der Waals surface area contributed by atoms with E-state index in [1.54, 1.807) is 0 Å². The summed E-state index contributed by atoms with van der Waals surface area (Å²) in [5.74, 6) is -0.654. The molecule has 0 atom stereocenters. The second kappa shape index (κ2) is 15.0. The van der Waals surface area contributed by atoms with Crippen molar-refractivity contribution in [1.82, 2.24) is 0 Å². The maximum atomic E-state index is 10.4. The van der Waals surface area contributed by atoms with Crippen LogP contribution in [0.15, 0.2) is 0 Å². The molecule has 0 amide bonds. The Morgan fingerprint density at radius 3 is 1.22 bits per heavy atom. The van der Waals surface area contributed by atoms with E-state index in [4.69, 9.17) is 5.11 Å². The van der Waals surface area contributed by atoms with Crippen molar-refractivity contribution >= 4 is 5.97 Å². The Morgan fingerprint density at radius 1 is 0.609 bits per heavy atom. The van der Waals surface area contributed by atoms with Crippen molar-refractivity contribution < 1.29 is 14.4 Å². The van der Waals surface area contributed by atoms with Crippen LogP contribution in [0.25, 0.3) is 0 Å². The highest BCUT2D eigenvalue weighted by Crippen LogP contribution is 2.13. The van der Waals surface area contributed by atoms with Crippen LogP contribution in [0.5, 0.6) is 0 Å².